The van der Waals surface area contributed by atoms with Crippen LogP contribution in [0.15, 0.2) is 12.3 Å². The van der Waals surface area contributed by atoms with Crippen molar-refractivity contribution < 1.29 is 4.79 Å². The van der Waals surface area contributed by atoms with Crippen LogP contribution in [0.25, 0.3) is 0 Å². The molecular formula is C12H16N4OS2. The minimum atomic E-state index is 0.0236. The number of carbonyl (C=O) groups excluding carboxylic acids is 1. The van der Waals surface area contributed by atoms with Crippen molar-refractivity contribution in [2.75, 3.05) is 6.54 Å². The summed E-state index contributed by atoms with van der Waals surface area (Å²) < 4.78 is 2.53. The van der Waals surface area contributed by atoms with E-state index in [0.29, 0.717) is 13.0 Å². The molecular weight excluding hydrogens is 280 g/mol. The molecule has 0 aliphatic carbocycles. The van der Waals surface area contributed by atoms with Crippen LogP contribution in [-0.4, -0.2) is 27.2 Å². The van der Waals surface area contributed by atoms with Gasteiger partial charge in [-0.15, -0.1) is 11.3 Å². The number of hydrogen-bond acceptors (Lipinski definition) is 4. The molecule has 2 N–H and O–H groups in total. The Morgan fingerprint density at radius 2 is 2.42 bits per heavy atom. The first-order valence-electron chi connectivity index (χ1n) is 5.98. The Morgan fingerprint density at radius 3 is 3.00 bits per heavy atom. The summed E-state index contributed by atoms with van der Waals surface area (Å²) in [6, 6.07) is 1.95. The number of hydrogen-bond donors (Lipinski definition) is 2. The maximum atomic E-state index is 11.8. The largest absolute Gasteiger partial charge is 0.355 e. The number of aromatic amines is 1. The lowest BCUT2D eigenvalue weighted by Crippen LogP contribution is -2.27. The minimum Gasteiger partial charge on any atom is -0.355 e. The predicted octanol–water partition coefficient (Wildman–Crippen LogP) is 1.75. The van der Waals surface area contributed by atoms with Crippen LogP contribution in [-0.2, 0) is 24.7 Å². The number of nitrogens with one attached hydrogen (secondary N) is 2. The van der Waals surface area contributed by atoms with Crippen molar-refractivity contribution in [3.63, 3.8) is 0 Å². The Labute approximate surface area is 120 Å². The van der Waals surface area contributed by atoms with Gasteiger partial charge in [-0.2, -0.15) is 5.10 Å². The molecule has 7 heteroatoms. The van der Waals surface area contributed by atoms with E-state index in [1.165, 1.54) is 11.3 Å². The summed E-state index contributed by atoms with van der Waals surface area (Å²) in [4.78, 5) is 15.9. The van der Waals surface area contributed by atoms with E-state index >= 15 is 0 Å². The van der Waals surface area contributed by atoms with Crippen molar-refractivity contribution in [2.45, 2.75) is 19.8 Å². The van der Waals surface area contributed by atoms with Crippen LogP contribution >= 0.6 is 23.6 Å². The van der Waals surface area contributed by atoms with Crippen molar-refractivity contribution >= 4 is 29.5 Å². The van der Waals surface area contributed by atoms with Gasteiger partial charge in [0, 0.05) is 42.5 Å². The maximum absolute atomic E-state index is 11.8. The van der Waals surface area contributed by atoms with E-state index in [0.717, 1.165) is 26.6 Å². The number of rotatable bonds is 5. The number of thiazole rings is 1. The zero-order valence-corrected chi connectivity index (χ0v) is 12.5. The highest BCUT2D eigenvalue weighted by Gasteiger charge is 2.08. The van der Waals surface area contributed by atoms with E-state index in [2.05, 4.69) is 15.4 Å². The van der Waals surface area contributed by atoms with Crippen molar-refractivity contribution in [1.82, 2.24) is 20.1 Å². The third-order valence-corrected chi connectivity index (χ3v) is 4.21. The molecule has 0 saturated carbocycles. The fraction of sp³-hybridized carbons (Fsp3) is 0.417. The number of H-pyrrole nitrogens is 1. The zero-order chi connectivity index (χ0) is 13.8. The summed E-state index contributed by atoms with van der Waals surface area (Å²) >= 11 is 6.51. The molecule has 0 fully saturated rings. The SMILES string of the molecule is Cc1[nH]c(=S)sc1CC(=O)NCCc1ccnn1C. The number of amides is 1. The highest BCUT2D eigenvalue weighted by atomic mass is 32.1. The third kappa shape index (κ3) is 3.74. The molecule has 5 nitrogen and oxygen atoms in total. The number of aromatic nitrogens is 3. The molecule has 0 aliphatic rings. The molecule has 0 spiro atoms. The van der Waals surface area contributed by atoms with Gasteiger partial charge in [-0.1, -0.05) is 0 Å². The van der Waals surface area contributed by atoms with Crippen LogP contribution in [0, 0.1) is 10.9 Å². The number of carbonyl (C=O) groups is 1. The van der Waals surface area contributed by atoms with Gasteiger partial charge < -0.3 is 10.3 Å². The van der Waals surface area contributed by atoms with Gasteiger partial charge in [-0.25, -0.2) is 0 Å². The second kappa shape index (κ2) is 6.12. The van der Waals surface area contributed by atoms with Gasteiger partial charge in [0.25, 0.3) is 0 Å². The van der Waals surface area contributed by atoms with E-state index in [9.17, 15) is 4.79 Å². The molecule has 19 heavy (non-hydrogen) atoms. The molecule has 0 saturated heterocycles. The number of aryl methyl sites for hydroxylation is 2. The third-order valence-electron chi connectivity index (χ3n) is 2.87. The van der Waals surface area contributed by atoms with Crippen molar-refractivity contribution in [1.29, 1.82) is 0 Å². The molecule has 0 unspecified atom stereocenters. The normalized spacial score (nSPS) is 10.6. The predicted molar refractivity (Wildman–Crippen MR) is 77.9 cm³/mol. The van der Waals surface area contributed by atoms with Gasteiger partial charge in [0.05, 0.1) is 6.42 Å². The lowest BCUT2D eigenvalue weighted by Gasteiger charge is -2.05. The monoisotopic (exact) mass is 296 g/mol. The fourth-order valence-corrected chi connectivity index (χ4v) is 3.08. The molecule has 2 aromatic heterocycles. The Bertz CT molecular complexity index is 626. The van der Waals surface area contributed by atoms with E-state index in [1.54, 1.807) is 6.20 Å². The van der Waals surface area contributed by atoms with E-state index in [4.69, 9.17) is 12.2 Å². The van der Waals surface area contributed by atoms with Crippen molar-refractivity contribution in [2.24, 2.45) is 7.05 Å². The molecule has 2 aromatic rings. The van der Waals surface area contributed by atoms with Crippen LogP contribution in [0.4, 0.5) is 0 Å². The molecule has 102 valence electrons. The summed E-state index contributed by atoms with van der Waals surface area (Å²) in [6.07, 6.45) is 2.92. The molecule has 0 radical (unpaired) electrons. The lowest BCUT2D eigenvalue weighted by molar-refractivity contribution is -0.120. The van der Waals surface area contributed by atoms with E-state index in [-0.39, 0.29) is 5.91 Å². The Balaban J connectivity index is 1.81. The van der Waals surface area contributed by atoms with Crippen LogP contribution in [0.2, 0.25) is 0 Å². The molecule has 0 atom stereocenters. The second-order valence-electron chi connectivity index (χ2n) is 4.29. The first-order valence-corrected chi connectivity index (χ1v) is 7.21. The Morgan fingerprint density at radius 1 is 1.63 bits per heavy atom. The highest BCUT2D eigenvalue weighted by Crippen LogP contribution is 2.14. The molecule has 0 aromatic carbocycles. The van der Waals surface area contributed by atoms with Crippen molar-refractivity contribution in [3.8, 4) is 0 Å². The van der Waals surface area contributed by atoms with Gasteiger partial charge in [0.1, 0.15) is 0 Å². The topological polar surface area (TPSA) is 62.7 Å². The summed E-state index contributed by atoms with van der Waals surface area (Å²) in [5.41, 5.74) is 2.09. The second-order valence-corrected chi connectivity index (χ2v) is 6.06. The summed E-state index contributed by atoms with van der Waals surface area (Å²) in [5.74, 6) is 0.0236. The quantitative estimate of drug-likeness (QED) is 0.826. The molecule has 2 heterocycles. The zero-order valence-electron chi connectivity index (χ0n) is 10.9. The highest BCUT2D eigenvalue weighted by molar-refractivity contribution is 7.73. The lowest BCUT2D eigenvalue weighted by atomic mass is 10.2. The molecule has 1 amide bonds. The van der Waals surface area contributed by atoms with Crippen LogP contribution in [0.1, 0.15) is 16.3 Å². The van der Waals surface area contributed by atoms with Crippen LogP contribution < -0.4 is 5.32 Å². The molecule has 2 rings (SSSR count). The van der Waals surface area contributed by atoms with Gasteiger partial charge in [-0.05, 0) is 25.2 Å². The first kappa shape index (κ1) is 14.0. The van der Waals surface area contributed by atoms with Gasteiger partial charge >= 0.3 is 0 Å². The average Bonchev–Trinajstić information content (AvgIpc) is 2.86. The Kier molecular flexibility index (Phi) is 4.49. The summed E-state index contributed by atoms with van der Waals surface area (Å²) in [7, 11) is 1.90. The average molecular weight is 296 g/mol. The van der Waals surface area contributed by atoms with Crippen molar-refractivity contribution in [3.05, 3.63) is 32.5 Å². The summed E-state index contributed by atoms with van der Waals surface area (Å²) in [5, 5.41) is 7.00. The number of nitrogens with zero attached hydrogens (tertiary/aromatic N) is 2. The first-order chi connectivity index (χ1) is 9.06. The fourth-order valence-electron chi connectivity index (χ4n) is 1.79. The maximum Gasteiger partial charge on any atom is 0.225 e. The van der Waals surface area contributed by atoms with E-state index < -0.39 is 0 Å². The van der Waals surface area contributed by atoms with Gasteiger partial charge in [0.2, 0.25) is 5.91 Å². The smallest absolute Gasteiger partial charge is 0.225 e. The van der Waals surface area contributed by atoms with Crippen LogP contribution in [0.3, 0.4) is 0 Å². The standard InChI is InChI=1S/C12H16N4OS2/c1-8-10(19-12(18)15-8)7-11(17)13-5-3-9-4-6-14-16(9)2/h4,6H,3,5,7H2,1-2H3,(H,13,17)(H,15,18). The molecule has 0 aliphatic heterocycles. The molecule has 0 bridgehead atoms. The minimum absolute atomic E-state index is 0.0236. The van der Waals surface area contributed by atoms with Gasteiger partial charge in [0.15, 0.2) is 3.95 Å². The van der Waals surface area contributed by atoms with E-state index in [1.807, 2.05) is 24.7 Å². The summed E-state index contributed by atoms with van der Waals surface area (Å²) in [6.45, 7) is 2.55. The van der Waals surface area contributed by atoms with Gasteiger partial charge in [-0.3, -0.25) is 9.48 Å². The van der Waals surface area contributed by atoms with Crippen LogP contribution in [0.5, 0.6) is 0 Å². The Hall–Kier alpha value is -1.47.